The minimum atomic E-state index is 0.590. The van der Waals surface area contributed by atoms with E-state index in [9.17, 15) is 0 Å². The lowest BCUT2D eigenvalue weighted by Crippen LogP contribution is -2.37. The number of nitrogens with one attached hydrogen (secondary N) is 1. The molecule has 1 aromatic heterocycles. The zero-order valence-electron chi connectivity index (χ0n) is 20.1. The molecule has 2 heterocycles. The number of para-hydroxylation sites is 1. The molecule has 180 valence electrons. The molecule has 1 saturated heterocycles. The lowest BCUT2D eigenvalue weighted by molar-refractivity contribution is 0.122. The van der Waals surface area contributed by atoms with Gasteiger partial charge in [-0.05, 0) is 38.1 Å². The average Bonchev–Trinajstić information content (AvgIpc) is 2.87. The fourth-order valence-corrected chi connectivity index (χ4v) is 3.93. The second-order valence-electron chi connectivity index (χ2n) is 7.66. The van der Waals surface area contributed by atoms with Crippen LogP contribution in [0.4, 0.5) is 23.0 Å². The number of aliphatic imine (C=N–C) groups is 3. The molecule has 0 radical (unpaired) electrons. The Morgan fingerprint density at radius 2 is 2.03 bits per heavy atom. The first-order chi connectivity index (χ1) is 16.6. The molecule has 0 unspecified atom stereocenters. The molecule has 1 fully saturated rings. The van der Waals surface area contributed by atoms with Crippen LogP contribution in [-0.2, 0) is 4.74 Å². The second kappa shape index (κ2) is 12.9. The molecule has 0 saturated carbocycles. The van der Waals surface area contributed by atoms with Crippen molar-refractivity contribution in [3.8, 4) is 11.4 Å². The van der Waals surface area contributed by atoms with Gasteiger partial charge in [0, 0.05) is 50.9 Å². The van der Waals surface area contributed by atoms with Crippen molar-refractivity contribution in [3.05, 3.63) is 36.0 Å². The number of rotatable bonds is 11. The topological polar surface area (TPSA) is 90.6 Å². The number of morpholine rings is 1. The highest BCUT2D eigenvalue weighted by Crippen LogP contribution is 2.38. The Bertz CT molecular complexity index is 1050. The molecule has 34 heavy (non-hydrogen) atoms. The Hall–Kier alpha value is -3.24. The third-order valence-electron chi connectivity index (χ3n) is 5.21. The SMILES string of the molecule is C=N/C=C(/C)C=NCCN(C)c1nc(-c2ccccc2NSC)nc(N2CCOCC2)c1N=C. The monoisotopic (exact) mass is 480 g/mol. The summed E-state index contributed by atoms with van der Waals surface area (Å²) in [4.78, 5) is 26.7. The maximum atomic E-state index is 5.55. The van der Waals surface area contributed by atoms with Crippen LogP contribution >= 0.6 is 11.9 Å². The molecule has 0 spiro atoms. The number of aromatic nitrogens is 2. The third-order valence-corrected chi connectivity index (χ3v) is 5.64. The Labute approximate surface area is 205 Å². The van der Waals surface area contributed by atoms with Gasteiger partial charge in [-0.25, -0.2) is 9.97 Å². The maximum Gasteiger partial charge on any atom is 0.166 e. The number of allylic oxidation sites excluding steroid dienone is 1. The summed E-state index contributed by atoms with van der Waals surface area (Å²) >= 11 is 1.53. The third kappa shape index (κ3) is 6.42. The van der Waals surface area contributed by atoms with Crippen LogP contribution in [0.2, 0.25) is 0 Å². The summed E-state index contributed by atoms with van der Waals surface area (Å²) in [5.41, 5.74) is 3.49. The van der Waals surface area contributed by atoms with Crippen LogP contribution < -0.4 is 14.5 Å². The first-order valence-corrected chi connectivity index (χ1v) is 12.2. The van der Waals surface area contributed by atoms with Gasteiger partial charge in [-0.2, -0.15) is 0 Å². The van der Waals surface area contributed by atoms with Crippen LogP contribution in [0, 0.1) is 0 Å². The summed E-state index contributed by atoms with van der Waals surface area (Å²) in [6, 6.07) is 8.03. The van der Waals surface area contributed by atoms with Gasteiger partial charge in [-0.15, -0.1) is 0 Å². The molecule has 0 bridgehead atoms. The minimum absolute atomic E-state index is 0.590. The first-order valence-electron chi connectivity index (χ1n) is 11.0. The van der Waals surface area contributed by atoms with Gasteiger partial charge in [0.25, 0.3) is 0 Å². The van der Waals surface area contributed by atoms with Crippen molar-refractivity contribution < 1.29 is 4.74 Å². The second-order valence-corrected chi connectivity index (χ2v) is 8.28. The Balaban J connectivity index is 2.01. The van der Waals surface area contributed by atoms with E-state index in [1.165, 1.54) is 11.9 Å². The molecule has 0 aliphatic carbocycles. The lowest BCUT2D eigenvalue weighted by atomic mass is 10.1. The summed E-state index contributed by atoms with van der Waals surface area (Å²) in [5.74, 6) is 2.12. The van der Waals surface area contributed by atoms with Crippen molar-refractivity contribution in [1.82, 2.24) is 9.97 Å². The molecule has 1 aliphatic heterocycles. The molecule has 0 amide bonds. The van der Waals surface area contributed by atoms with Crippen molar-refractivity contribution >= 4 is 54.6 Å². The van der Waals surface area contributed by atoms with Crippen LogP contribution in [0.25, 0.3) is 11.4 Å². The number of hydrogen-bond donors (Lipinski definition) is 1. The molecule has 3 rings (SSSR count). The Morgan fingerprint density at radius 1 is 1.26 bits per heavy atom. The average molecular weight is 481 g/mol. The molecule has 1 aromatic carbocycles. The van der Waals surface area contributed by atoms with Crippen molar-refractivity contribution in [2.45, 2.75) is 6.92 Å². The van der Waals surface area contributed by atoms with Crippen LogP contribution in [0.15, 0.2) is 51.0 Å². The van der Waals surface area contributed by atoms with Gasteiger partial charge in [0.1, 0.15) is 5.69 Å². The number of benzene rings is 1. The summed E-state index contributed by atoms with van der Waals surface area (Å²) in [6.07, 6.45) is 5.46. The molecule has 0 atom stereocenters. The molecule has 9 nitrogen and oxygen atoms in total. The van der Waals surface area contributed by atoms with Gasteiger partial charge in [0.15, 0.2) is 17.5 Å². The van der Waals surface area contributed by atoms with Gasteiger partial charge in [0.2, 0.25) is 0 Å². The van der Waals surface area contributed by atoms with Crippen molar-refractivity contribution in [3.63, 3.8) is 0 Å². The van der Waals surface area contributed by atoms with Gasteiger partial charge in [0.05, 0.1) is 25.4 Å². The van der Waals surface area contributed by atoms with E-state index in [-0.39, 0.29) is 0 Å². The number of ether oxygens (including phenoxy) is 1. The zero-order chi connectivity index (χ0) is 24.3. The number of nitrogens with zero attached hydrogens (tertiary/aromatic N) is 7. The predicted octanol–water partition coefficient (Wildman–Crippen LogP) is 4.11. The minimum Gasteiger partial charge on any atom is -0.378 e. The van der Waals surface area contributed by atoms with Gasteiger partial charge < -0.3 is 19.3 Å². The van der Waals surface area contributed by atoms with Crippen molar-refractivity contribution in [1.29, 1.82) is 0 Å². The van der Waals surface area contributed by atoms with Crippen LogP contribution in [-0.4, -0.2) is 82.3 Å². The fraction of sp³-hybridized carbons (Fsp3) is 0.375. The Kier molecular flexibility index (Phi) is 9.60. The highest BCUT2D eigenvalue weighted by atomic mass is 32.2. The Morgan fingerprint density at radius 3 is 2.74 bits per heavy atom. The first kappa shape index (κ1) is 25.4. The van der Waals surface area contributed by atoms with Gasteiger partial charge >= 0.3 is 0 Å². The fourth-order valence-electron chi connectivity index (χ4n) is 3.53. The number of likely N-dealkylation sites (N-methyl/N-ethyl adjacent to an activating group) is 1. The highest BCUT2D eigenvalue weighted by Gasteiger charge is 2.24. The lowest BCUT2D eigenvalue weighted by Gasteiger charge is -2.30. The predicted molar refractivity (Wildman–Crippen MR) is 147 cm³/mol. The van der Waals surface area contributed by atoms with Crippen molar-refractivity contribution in [2.75, 3.05) is 67.2 Å². The maximum absolute atomic E-state index is 5.55. The standard InChI is InChI=1S/C24H32N8OS/c1-18(16-25-2)17-27-10-11-31(4)23-21(26-3)24(32-12-14-33-15-13-32)29-22(28-23)19-8-6-7-9-20(19)30-34-5/h6-9,16-17,30H,2-3,10-15H2,1,4-5H3/b18-16-,27-17?. The van der Waals surface area contributed by atoms with Crippen LogP contribution in [0.1, 0.15) is 6.92 Å². The molecular weight excluding hydrogens is 448 g/mol. The van der Waals surface area contributed by atoms with E-state index in [0.29, 0.717) is 37.8 Å². The van der Waals surface area contributed by atoms with E-state index in [4.69, 9.17) is 14.7 Å². The van der Waals surface area contributed by atoms with E-state index in [1.807, 2.05) is 49.4 Å². The molecule has 2 aromatic rings. The normalized spacial score (nSPS) is 14.3. The number of hydrogen-bond acceptors (Lipinski definition) is 10. The van der Waals surface area contributed by atoms with E-state index >= 15 is 0 Å². The largest absolute Gasteiger partial charge is 0.378 e. The van der Waals surface area contributed by atoms with Gasteiger partial charge in [-0.3, -0.25) is 15.0 Å². The molecular formula is C24H32N8OS. The van der Waals surface area contributed by atoms with Crippen LogP contribution in [0.3, 0.4) is 0 Å². The summed E-state index contributed by atoms with van der Waals surface area (Å²) in [6.45, 7) is 13.2. The summed E-state index contributed by atoms with van der Waals surface area (Å²) in [5, 5.41) is 0. The van der Waals surface area contributed by atoms with E-state index in [0.717, 1.165) is 41.5 Å². The molecule has 1 N–H and O–H groups in total. The summed E-state index contributed by atoms with van der Waals surface area (Å²) < 4.78 is 8.89. The van der Waals surface area contributed by atoms with E-state index in [1.54, 1.807) is 12.4 Å². The quantitative estimate of drug-likeness (QED) is 0.382. The number of anilines is 3. The van der Waals surface area contributed by atoms with Crippen LogP contribution in [0.5, 0.6) is 0 Å². The van der Waals surface area contributed by atoms with Crippen molar-refractivity contribution in [2.24, 2.45) is 15.0 Å². The van der Waals surface area contributed by atoms with E-state index < -0.39 is 0 Å². The van der Waals surface area contributed by atoms with Gasteiger partial charge in [-0.1, -0.05) is 24.1 Å². The molecule has 1 aliphatic rings. The highest BCUT2D eigenvalue weighted by molar-refractivity contribution is 7.99. The summed E-state index contributed by atoms with van der Waals surface area (Å²) in [7, 11) is 1.99. The zero-order valence-corrected chi connectivity index (χ0v) is 20.9. The van der Waals surface area contributed by atoms with E-state index in [2.05, 4.69) is 38.0 Å². The molecule has 10 heteroatoms. The smallest absolute Gasteiger partial charge is 0.166 e.